The molecule has 22 rings (SSSR count). The van der Waals surface area contributed by atoms with Gasteiger partial charge in [-0.3, -0.25) is 32.8 Å². The third-order valence-corrected chi connectivity index (χ3v) is 21.1. The van der Waals surface area contributed by atoms with Crippen molar-refractivity contribution in [1.82, 2.24) is 47.3 Å². The summed E-state index contributed by atoms with van der Waals surface area (Å²) in [5.41, 5.74) is 19.9. The summed E-state index contributed by atoms with van der Waals surface area (Å²) in [4.78, 5) is 48.1. The van der Waals surface area contributed by atoms with Crippen molar-refractivity contribution in [1.29, 1.82) is 0 Å². The van der Waals surface area contributed by atoms with E-state index in [1.54, 1.807) is 27.7 Å². The molecule has 0 aliphatic rings. The number of aromatic nitrogens is 10. The fourth-order valence-electron chi connectivity index (χ4n) is 16.3. The van der Waals surface area contributed by atoms with Crippen LogP contribution >= 0.6 is 0 Å². The lowest BCUT2D eigenvalue weighted by atomic mass is 10.0. The van der Waals surface area contributed by atoms with E-state index < -0.39 is 0 Å². The van der Waals surface area contributed by atoms with Gasteiger partial charge in [-0.1, -0.05) is 188 Å². The van der Waals surface area contributed by atoms with Crippen molar-refractivity contribution >= 4 is 131 Å². The maximum atomic E-state index is 14.3. The van der Waals surface area contributed by atoms with Crippen LogP contribution in [-0.2, 0) is 0 Å². The molecule has 0 N–H and O–H groups in total. The Kier molecular flexibility index (Phi) is 13.6. The fourth-order valence-corrected chi connectivity index (χ4v) is 16.3. The molecule has 9 heterocycles. The van der Waals surface area contributed by atoms with E-state index >= 15 is 0 Å². The Balaban J connectivity index is 0.000000136. The van der Waals surface area contributed by atoms with E-state index in [1.165, 1.54) is 43.6 Å². The number of para-hydroxylation sites is 8. The molecule has 0 aliphatic heterocycles. The molecule has 0 unspecified atom stereocenters. The minimum atomic E-state index is -0.109. The predicted octanol–water partition coefficient (Wildman–Crippen LogP) is 21.6. The Bertz CT molecular complexity index is 7460. The van der Waals surface area contributed by atoms with Crippen LogP contribution in [0.15, 0.2) is 362 Å². The molecule has 0 aliphatic carbocycles. The van der Waals surface area contributed by atoms with Crippen LogP contribution in [0.2, 0.25) is 0 Å². The summed E-state index contributed by atoms with van der Waals surface area (Å²) in [5.74, 6) is 1.23. The average molecular weight is 1360 g/mol. The van der Waals surface area contributed by atoms with Crippen molar-refractivity contribution in [3.63, 3.8) is 0 Å². The van der Waals surface area contributed by atoms with Crippen LogP contribution in [0.25, 0.3) is 188 Å². The number of hydrogen-bond donors (Lipinski definition) is 0. The van der Waals surface area contributed by atoms with Crippen LogP contribution in [0.3, 0.4) is 0 Å². The highest BCUT2D eigenvalue weighted by molar-refractivity contribution is 6.16. The molecule has 0 saturated heterocycles. The van der Waals surface area contributed by atoms with Crippen molar-refractivity contribution in [3.8, 4) is 56.8 Å². The maximum absolute atomic E-state index is 14.3. The summed E-state index contributed by atoms with van der Waals surface area (Å²) in [6.45, 7) is 0. The van der Waals surface area contributed by atoms with Gasteiger partial charge in [0.25, 0.3) is 11.1 Å². The normalized spacial score (nSPS) is 11.8. The van der Waals surface area contributed by atoms with E-state index in [1.807, 2.05) is 103 Å². The van der Waals surface area contributed by atoms with Crippen molar-refractivity contribution in [2.45, 2.75) is 0 Å². The molecule has 106 heavy (non-hydrogen) atoms. The zero-order valence-electron chi connectivity index (χ0n) is 56.8. The predicted molar refractivity (Wildman–Crippen MR) is 434 cm³/mol. The van der Waals surface area contributed by atoms with Crippen molar-refractivity contribution in [3.05, 3.63) is 373 Å². The first kappa shape index (κ1) is 60.2. The van der Waals surface area contributed by atoms with Crippen LogP contribution in [-0.4, -0.2) is 47.3 Å². The molecule has 496 valence electrons. The van der Waals surface area contributed by atoms with Gasteiger partial charge in [0.2, 0.25) is 5.95 Å². The van der Waals surface area contributed by atoms with Crippen molar-refractivity contribution < 1.29 is 0 Å². The average Bonchev–Trinajstić information content (AvgIpc) is 1.38. The Labute approximate surface area is 604 Å². The van der Waals surface area contributed by atoms with Crippen molar-refractivity contribution in [2.75, 3.05) is 0 Å². The Hall–Kier alpha value is -14.6. The van der Waals surface area contributed by atoms with Crippen molar-refractivity contribution in [2.24, 2.45) is 0 Å². The number of benzene rings is 13. The van der Waals surface area contributed by atoms with Gasteiger partial charge < -0.3 is 9.13 Å². The lowest BCUT2D eigenvalue weighted by Gasteiger charge is -2.14. The first-order valence-electron chi connectivity index (χ1n) is 35.4. The SMILES string of the molecule is O=c1c2cc(-n3c4ccccc4c4cc(-c5ccc6c(c5)c5ccccc5n6-c5ccccc5)ccc43)ncc2c2ncccc2n1-c1ccccc1.O=c1c2ccccc2c2nc(-n3c4ccccc4c4cc(-c5ccc6c(c5)c5ccccc5n6-c5ccccc5)ccc43)ncc2n1-c1ccccc1. The summed E-state index contributed by atoms with van der Waals surface area (Å²) in [6, 6.07) is 115. The zero-order valence-corrected chi connectivity index (χ0v) is 56.8. The lowest BCUT2D eigenvalue weighted by molar-refractivity contribution is 0.986. The second-order valence-electron chi connectivity index (χ2n) is 26.9. The molecule has 0 radical (unpaired) electrons. The highest BCUT2D eigenvalue weighted by Gasteiger charge is 2.23. The minimum absolute atomic E-state index is 0.0946. The third-order valence-electron chi connectivity index (χ3n) is 21.1. The number of rotatable bonds is 8. The monoisotopic (exact) mass is 1360 g/mol. The fraction of sp³-hybridized carbons (Fsp3) is 0. The van der Waals surface area contributed by atoms with Gasteiger partial charge in [0.1, 0.15) is 11.3 Å². The lowest BCUT2D eigenvalue weighted by Crippen LogP contribution is -2.20. The summed E-state index contributed by atoms with van der Waals surface area (Å²) >= 11 is 0. The van der Waals surface area contributed by atoms with Gasteiger partial charge >= 0.3 is 0 Å². The van der Waals surface area contributed by atoms with Crippen LogP contribution in [0.5, 0.6) is 0 Å². The van der Waals surface area contributed by atoms with Gasteiger partial charge in [-0.2, -0.15) is 0 Å². The van der Waals surface area contributed by atoms with E-state index in [2.05, 4.69) is 249 Å². The Morgan fingerprint density at radius 1 is 0.208 bits per heavy atom. The molecule has 9 aromatic heterocycles. The van der Waals surface area contributed by atoms with Gasteiger partial charge in [0.15, 0.2) is 0 Å². The Morgan fingerprint density at radius 3 is 1.03 bits per heavy atom. The van der Waals surface area contributed by atoms with Gasteiger partial charge in [0.05, 0.1) is 72.3 Å². The van der Waals surface area contributed by atoms with Gasteiger partial charge in [-0.25, -0.2) is 15.0 Å². The second-order valence-corrected chi connectivity index (χ2v) is 26.9. The Morgan fingerprint density at radius 2 is 0.557 bits per heavy atom. The van der Waals surface area contributed by atoms with E-state index in [9.17, 15) is 9.59 Å². The minimum Gasteiger partial charge on any atom is -0.309 e. The molecule has 0 saturated carbocycles. The van der Waals surface area contributed by atoms with E-state index in [0.717, 1.165) is 116 Å². The molecular formula is C94H58N10O2. The molecule has 0 fully saturated rings. The number of nitrogens with zero attached hydrogens (tertiary/aromatic N) is 10. The van der Waals surface area contributed by atoms with Crippen LogP contribution < -0.4 is 11.1 Å². The first-order chi connectivity index (χ1) is 52.5. The van der Waals surface area contributed by atoms with Crippen LogP contribution in [0.4, 0.5) is 0 Å². The van der Waals surface area contributed by atoms with Crippen LogP contribution in [0, 0.1) is 0 Å². The van der Waals surface area contributed by atoms with Crippen LogP contribution in [0.1, 0.15) is 0 Å². The molecule has 22 aromatic rings. The van der Waals surface area contributed by atoms with Gasteiger partial charge in [-0.05, 0) is 168 Å². The number of pyridine rings is 4. The molecule has 0 amide bonds. The molecule has 13 aromatic carbocycles. The highest BCUT2D eigenvalue weighted by Crippen LogP contribution is 2.42. The molecule has 0 atom stereocenters. The zero-order chi connectivity index (χ0) is 70.1. The first-order valence-corrected chi connectivity index (χ1v) is 35.4. The largest absolute Gasteiger partial charge is 0.309 e. The number of fused-ring (bicyclic) bond motifs is 18. The summed E-state index contributed by atoms with van der Waals surface area (Å²) in [7, 11) is 0. The summed E-state index contributed by atoms with van der Waals surface area (Å²) in [5, 5.41) is 12.1. The quantitative estimate of drug-likeness (QED) is 0.140. The molecule has 12 nitrogen and oxygen atoms in total. The summed E-state index contributed by atoms with van der Waals surface area (Å²) in [6.07, 6.45) is 5.35. The topological polar surface area (TPSA) is 115 Å². The standard InChI is InChI=1S/2C47H29N5O/c53-47-38-28-45(49-29-39(38)46-44(20-11-25-48-46)51(47)33-14-5-2-6-15-33)52-41-19-10-8-17-35(41)37-27-31(22-24-43(37)52)30-21-23-42-36(26-30)34-16-7-9-18-40(34)50(42)32-12-3-1-4-13-32;53-46-37-20-8-7-19-36(37)45-44(51(46)33-15-5-2-6-16-33)29-48-47(49-45)52-41-22-12-10-18-35(41)39-28-31(24-26-43(39)52)30-23-25-42-38(27-30)34-17-9-11-21-40(34)50(42)32-13-3-1-4-14-32/h2*1-29H. The molecular weight excluding hydrogens is 1300 g/mol. The highest BCUT2D eigenvalue weighted by atomic mass is 16.1. The molecule has 12 heteroatoms. The van der Waals surface area contributed by atoms with E-state index in [0.29, 0.717) is 28.1 Å². The van der Waals surface area contributed by atoms with Gasteiger partial charge in [0, 0.05) is 94.4 Å². The van der Waals surface area contributed by atoms with E-state index in [-0.39, 0.29) is 11.1 Å². The summed E-state index contributed by atoms with van der Waals surface area (Å²) < 4.78 is 12.5. The second kappa shape index (κ2) is 24.0. The number of hydrogen-bond acceptors (Lipinski definition) is 6. The maximum Gasteiger partial charge on any atom is 0.263 e. The smallest absolute Gasteiger partial charge is 0.263 e. The molecule has 0 bridgehead atoms. The third kappa shape index (κ3) is 9.34. The molecule has 0 spiro atoms. The van der Waals surface area contributed by atoms with E-state index in [4.69, 9.17) is 19.9 Å². The van der Waals surface area contributed by atoms with Gasteiger partial charge in [-0.15, -0.1) is 0 Å².